The van der Waals surface area contributed by atoms with Crippen LogP contribution in [0.1, 0.15) is 30.1 Å². The lowest BCUT2D eigenvalue weighted by atomic mass is 10.3. The highest BCUT2D eigenvalue weighted by Crippen LogP contribution is 2.22. The number of hydrogen-bond donors (Lipinski definition) is 1. The SMILES string of the molecule is Cc1ccc(OCc2ncccn2)c(CNC2CC2)n1. The summed E-state index contributed by atoms with van der Waals surface area (Å²) in [6, 6.07) is 6.38. The van der Waals surface area contributed by atoms with E-state index in [2.05, 4.69) is 20.3 Å². The lowest BCUT2D eigenvalue weighted by molar-refractivity contribution is 0.290. The van der Waals surface area contributed by atoms with E-state index in [4.69, 9.17) is 4.74 Å². The highest BCUT2D eigenvalue weighted by atomic mass is 16.5. The number of rotatable bonds is 6. The van der Waals surface area contributed by atoms with Crippen LogP contribution in [0.15, 0.2) is 30.6 Å². The highest BCUT2D eigenvalue weighted by molar-refractivity contribution is 5.29. The molecule has 2 aromatic rings. The average Bonchev–Trinajstić information content (AvgIpc) is 3.29. The van der Waals surface area contributed by atoms with E-state index in [1.54, 1.807) is 18.5 Å². The monoisotopic (exact) mass is 270 g/mol. The van der Waals surface area contributed by atoms with Crippen LogP contribution >= 0.6 is 0 Å². The normalized spacial score (nSPS) is 14.2. The molecule has 0 atom stereocenters. The summed E-state index contributed by atoms with van der Waals surface area (Å²) in [4.78, 5) is 12.9. The Labute approximate surface area is 118 Å². The van der Waals surface area contributed by atoms with Crippen molar-refractivity contribution in [1.82, 2.24) is 20.3 Å². The molecule has 0 radical (unpaired) electrons. The summed E-state index contributed by atoms with van der Waals surface area (Å²) in [6.07, 6.45) is 5.96. The third-order valence-electron chi connectivity index (χ3n) is 3.18. The van der Waals surface area contributed by atoms with E-state index in [1.807, 2.05) is 19.1 Å². The van der Waals surface area contributed by atoms with Gasteiger partial charge in [-0.2, -0.15) is 0 Å². The zero-order chi connectivity index (χ0) is 13.8. The molecular weight excluding hydrogens is 252 g/mol. The topological polar surface area (TPSA) is 59.9 Å². The van der Waals surface area contributed by atoms with Crippen molar-refractivity contribution in [3.63, 3.8) is 0 Å². The van der Waals surface area contributed by atoms with Crippen molar-refractivity contribution < 1.29 is 4.74 Å². The first-order chi connectivity index (χ1) is 9.81. The maximum Gasteiger partial charge on any atom is 0.166 e. The van der Waals surface area contributed by atoms with Gasteiger partial charge in [0.05, 0.1) is 5.69 Å². The third kappa shape index (κ3) is 3.51. The molecule has 1 fully saturated rings. The van der Waals surface area contributed by atoms with Crippen molar-refractivity contribution >= 4 is 0 Å². The molecule has 0 spiro atoms. The number of nitrogens with zero attached hydrogens (tertiary/aromatic N) is 3. The first kappa shape index (κ1) is 13.0. The van der Waals surface area contributed by atoms with Crippen molar-refractivity contribution in [2.45, 2.75) is 39.0 Å². The zero-order valence-corrected chi connectivity index (χ0v) is 11.5. The Hall–Kier alpha value is -2.01. The molecule has 1 aliphatic rings. The Morgan fingerprint density at radius 2 is 2.05 bits per heavy atom. The zero-order valence-electron chi connectivity index (χ0n) is 11.5. The van der Waals surface area contributed by atoms with Gasteiger partial charge in [-0.05, 0) is 38.0 Å². The predicted molar refractivity (Wildman–Crippen MR) is 75.2 cm³/mol. The quantitative estimate of drug-likeness (QED) is 0.870. The van der Waals surface area contributed by atoms with Crippen LogP contribution in [-0.2, 0) is 13.2 Å². The highest BCUT2D eigenvalue weighted by Gasteiger charge is 2.21. The Morgan fingerprint density at radius 3 is 2.80 bits per heavy atom. The summed E-state index contributed by atoms with van der Waals surface area (Å²) in [7, 11) is 0. The molecule has 0 amide bonds. The molecule has 0 unspecified atom stereocenters. The first-order valence-corrected chi connectivity index (χ1v) is 6.90. The van der Waals surface area contributed by atoms with Gasteiger partial charge in [0.15, 0.2) is 5.82 Å². The molecular formula is C15H18N4O. The molecule has 104 valence electrons. The first-order valence-electron chi connectivity index (χ1n) is 6.90. The molecule has 0 saturated heterocycles. The maximum atomic E-state index is 5.80. The standard InChI is InChI=1S/C15H18N4O/c1-11-3-6-14(13(19-11)9-18-12-4-5-12)20-10-15-16-7-2-8-17-15/h2-3,6-8,12,18H,4-5,9-10H2,1H3. The van der Waals surface area contributed by atoms with Crippen molar-refractivity contribution in [3.05, 3.63) is 47.8 Å². The van der Waals surface area contributed by atoms with Crippen LogP contribution in [0.3, 0.4) is 0 Å². The fraction of sp³-hybridized carbons (Fsp3) is 0.400. The fourth-order valence-corrected chi connectivity index (χ4v) is 1.93. The summed E-state index contributed by atoms with van der Waals surface area (Å²) in [6.45, 7) is 3.10. The van der Waals surface area contributed by atoms with E-state index < -0.39 is 0 Å². The number of aryl methyl sites for hydroxylation is 1. The summed E-state index contributed by atoms with van der Waals surface area (Å²) in [5.41, 5.74) is 1.95. The molecule has 3 rings (SSSR count). The minimum Gasteiger partial charge on any atom is -0.484 e. The average molecular weight is 270 g/mol. The van der Waals surface area contributed by atoms with Crippen LogP contribution in [0.5, 0.6) is 5.75 Å². The number of aromatic nitrogens is 3. The van der Waals surface area contributed by atoms with Crippen molar-refractivity contribution in [2.75, 3.05) is 0 Å². The minimum atomic E-state index is 0.363. The predicted octanol–water partition coefficient (Wildman–Crippen LogP) is 2.01. The van der Waals surface area contributed by atoms with Gasteiger partial charge in [0.1, 0.15) is 12.4 Å². The Balaban J connectivity index is 1.67. The van der Waals surface area contributed by atoms with Gasteiger partial charge in [-0.15, -0.1) is 0 Å². The summed E-state index contributed by atoms with van der Waals surface area (Å²) in [5.74, 6) is 1.48. The van der Waals surface area contributed by atoms with E-state index in [9.17, 15) is 0 Å². The summed E-state index contributed by atoms with van der Waals surface area (Å²) < 4.78 is 5.80. The van der Waals surface area contributed by atoms with E-state index in [1.165, 1.54) is 12.8 Å². The van der Waals surface area contributed by atoms with E-state index in [0.717, 1.165) is 23.7 Å². The summed E-state index contributed by atoms with van der Waals surface area (Å²) in [5, 5.41) is 3.46. The lowest BCUT2D eigenvalue weighted by Gasteiger charge is -2.11. The molecule has 5 nitrogen and oxygen atoms in total. The van der Waals surface area contributed by atoms with E-state index in [0.29, 0.717) is 18.5 Å². The largest absolute Gasteiger partial charge is 0.484 e. The molecule has 0 aliphatic heterocycles. The number of hydrogen-bond acceptors (Lipinski definition) is 5. The van der Waals surface area contributed by atoms with Crippen molar-refractivity contribution in [2.24, 2.45) is 0 Å². The van der Waals surface area contributed by atoms with Gasteiger partial charge in [0.2, 0.25) is 0 Å². The molecule has 0 bridgehead atoms. The van der Waals surface area contributed by atoms with Gasteiger partial charge in [-0.1, -0.05) is 0 Å². The molecule has 1 aliphatic carbocycles. The van der Waals surface area contributed by atoms with Gasteiger partial charge in [0, 0.05) is 30.7 Å². The van der Waals surface area contributed by atoms with Crippen LogP contribution in [0, 0.1) is 6.92 Å². The molecule has 2 aromatic heterocycles. The van der Waals surface area contributed by atoms with E-state index >= 15 is 0 Å². The van der Waals surface area contributed by atoms with Crippen LogP contribution in [0.2, 0.25) is 0 Å². The fourth-order valence-electron chi connectivity index (χ4n) is 1.93. The van der Waals surface area contributed by atoms with Crippen LogP contribution in [-0.4, -0.2) is 21.0 Å². The maximum absolute atomic E-state index is 5.80. The third-order valence-corrected chi connectivity index (χ3v) is 3.18. The van der Waals surface area contributed by atoms with Gasteiger partial charge in [0.25, 0.3) is 0 Å². The van der Waals surface area contributed by atoms with Gasteiger partial charge in [-0.25, -0.2) is 9.97 Å². The number of pyridine rings is 1. The number of nitrogens with one attached hydrogen (secondary N) is 1. The molecule has 20 heavy (non-hydrogen) atoms. The second-order valence-electron chi connectivity index (χ2n) is 5.01. The Kier molecular flexibility index (Phi) is 3.87. The second-order valence-corrected chi connectivity index (χ2v) is 5.01. The van der Waals surface area contributed by atoms with Crippen LogP contribution < -0.4 is 10.1 Å². The van der Waals surface area contributed by atoms with E-state index in [-0.39, 0.29) is 0 Å². The van der Waals surface area contributed by atoms with Gasteiger partial charge >= 0.3 is 0 Å². The smallest absolute Gasteiger partial charge is 0.166 e. The molecule has 0 aromatic carbocycles. The van der Waals surface area contributed by atoms with Crippen LogP contribution in [0.25, 0.3) is 0 Å². The summed E-state index contributed by atoms with van der Waals surface area (Å²) >= 11 is 0. The van der Waals surface area contributed by atoms with Crippen molar-refractivity contribution in [1.29, 1.82) is 0 Å². The van der Waals surface area contributed by atoms with Gasteiger partial charge in [-0.3, -0.25) is 4.98 Å². The van der Waals surface area contributed by atoms with Crippen molar-refractivity contribution in [3.8, 4) is 5.75 Å². The number of ether oxygens (including phenoxy) is 1. The molecule has 2 heterocycles. The minimum absolute atomic E-state index is 0.363. The Morgan fingerprint density at radius 1 is 1.25 bits per heavy atom. The molecule has 1 saturated carbocycles. The Bertz CT molecular complexity index is 569. The van der Waals surface area contributed by atoms with Crippen LogP contribution in [0.4, 0.5) is 0 Å². The molecule has 5 heteroatoms. The molecule has 1 N–H and O–H groups in total. The lowest BCUT2D eigenvalue weighted by Crippen LogP contribution is -2.17. The van der Waals surface area contributed by atoms with Gasteiger partial charge < -0.3 is 10.1 Å². The second kappa shape index (κ2) is 5.96.